The second kappa shape index (κ2) is 10.5. The fourth-order valence-corrected chi connectivity index (χ4v) is 3.11. The second-order valence-electron chi connectivity index (χ2n) is 6.92. The van der Waals surface area contributed by atoms with Gasteiger partial charge in [-0.25, -0.2) is 9.37 Å². The van der Waals surface area contributed by atoms with Crippen LogP contribution in [0.1, 0.15) is 17.2 Å². The Morgan fingerprint density at radius 1 is 1.10 bits per heavy atom. The molecule has 30 heavy (non-hydrogen) atoms. The number of hydrogen-bond donors (Lipinski definition) is 4. The number of halogens is 1. The zero-order valence-electron chi connectivity index (χ0n) is 16.5. The molecule has 0 radical (unpaired) electrons. The molecule has 2 aromatic carbocycles. The van der Waals surface area contributed by atoms with Crippen molar-refractivity contribution in [2.75, 3.05) is 25.0 Å². The van der Waals surface area contributed by atoms with Crippen LogP contribution in [-0.2, 0) is 11.2 Å². The molecule has 1 heterocycles. The molecule has 0 fully saturated rings. The summed E-state index contributed by atoms with van der Waals surface area (Å²) in [7, 11) is 0. The summed E-state index contributed by atoms with van der Waals surface area (Å²) in [6.45, 7) is 0.659. The Hall–Kier alpha value is -3.29. The smallest absolute Gasteiger partial charge is 0.231 e. The zero-order chi connectivity index (χ0) is 21.3. The molecule has 0 saturated heterocycles. The van der Waals surface area contributed by atoms with E-state index in [1.807, 2.05) is 48.5 Å². The summed E-state index contributed by atoms with van der Waals surface area (Å²) in [4.78, 5) is 15.6. The summed E-state index contributed by atoms with van der Waals surface area (Å²) in [5.41, 5.74) is 8.32. The lowest BCUT2D eigenvalue weighted by atomic mass is 10.1. The van der Waals surface area contributed by atoms with Crippen molar-refractivity contribution in [1.82, 2.24) is 10.3 Å². The maximum absolute atomic E-state index is 13.4. The van der Waals surface area contributed by atoms with Crippen molar-refractivity contribution < 1.29 is 14.3 Å². The Bertz CT molecular complexity index is 982. The van der Waals surface area contributed by atoms with Crippen LogP contribution in [0, 0.1) is 5.82 Å². The van der Waals surface area contributed by atoms with Crippen molar-refractivity contribution in [3.8, 4) is 11.3 Å². The number of primary amides is 1. The number of carbonyl (C=O) groups excluding carboxylic acids is 1. The molecule has 6 nitrogen and oxygen atoms in total. The minimum atomic E-state index is -0.877. The number of amides is 1. The molecule has 1 aromatic heterocycles. The number of aromatic nitrogens is 1. The van der Waals surface area contributed by atoms with Gasteiger partial charge < -0.3 is 21.5 Å². The molecule has 3 aromatic rings. The third-order valence-electron chi connectivity index (χ3n) is 4.59. The minimum Gasteiger partial charge on any atom is -0.387 e. The zero-order valence-corrected chi connectivity index (χ0v) is 16.5. The summed E-state index contributed by atoms with van der Waals surface area (Å²) in [5, 5.41) is 16.7. The summed E-state index contributed by atoms with van der Waals surface area (Å²) >= 11 is 0. The first-order valence-electron chi connectivity index (χ1n) is 9.74. The van der Waals surface area contributed by atoms with Gasteiger partial charge in [0.1, 0.15) is 11.6 Å². The number of aliphatic hydroxyl groups excluding tert-OH is 1. The molecule has 0 spiro atoms. The lowest BCUT2D eigenvalue weighted by Gasteiger charge is -2.18. The minimum absolute atomic E-state index is 0.0189. The molecule has 5 N–H and O–H groups in total. The van der Waals surface area contributed by atoms with E-state index in [2.05, 4.69) is 10.6 Å². The maximum Gasteiger partial charge on any atom is 0.231 e. The summed E-state index contributed by atoms with van der Waals surface area (Å²) < 4.78 is 13.4. The van der Waals surface area contributed by atoms with E-state index in [0.29, 0.717) is 24.3 Å². The van der Waals surface area contributed by atoms with Crippen LogP contribution in [0.25, 0.3) is 11.3 Å². The number of anilines is 1. The number of nitrogens with two attached hydrogens (primary N) is 1. The van der Waals surface area contributed by atoms with Gasteiger partial charge in [-0.05, 0) is 30.2 Å². The van der Waals surface area contributed by atoms with Crippen LogP contribution < -0.4 is 16.4 Å². The predicted octanol–water partition coefficient (Wildman–Crippen LogP) is 2.65. The molecule has 1 atom stereocenters. The number of pyridine rings is 1. The fourth-order valence-electron chi connectivity index (χ4n) is 3.11. The van der Waals surface area contributed by atoms with E-state index < -0.39 is 12.0 Å². The molecule has 0 saturated carbocycles. The summed E-state index contributed by atoms with van der Waals surface area (Å²) in [6, 6.07) is 19.8. The number of hydrogen-bond acceptors (Lipinski definition) is 5. The van der Waals surface area contributed by atoms with Gasteiger partial charge in [-0.3, -0.25) is 4.79 Å². The average Bonchev–Trinajstić information content (AvgIpc) is 2.74. The average molecular weight is 408 g/mol. The van der Waals surface area contributed by atoms with Gasteiger partial charge in [0.15, 0.2) is 0 Å². The molecule has 0 aliphatic heterocycles. The van der Waals surface area contributed by atoms with Gasteiger partial charge in [-0.15, -0.1) is 0 Å². The van der Waals surface area contributed by atoms with E-state index in [4.69, 9.17) is 10.7 Å². The van der Waals surface area contributed by atoms with Gasteiger partial charge in [-0.2, -0.15) is 0 Å². The molecule has 0 aliphatic rings. The van der Waals surface area contributed by atoms with Gasteiger partial charge in [0, 0.05) is 24.2 Å². The molecular weight excluding hydrogens is 383 g/mol. The number of aliphatic hydroxyl groups is 1. The van der Waals surface area contributed by atoms with Crippen molar-refractivity contribution in [3.05, 3.63) is 83.7 Å². The highest BCUT2D eigenvalue weighted by molar-refractivity contribution is 5.75. The Labute approximate surface area is 175 Å². The SMILES string of the molecule is NC(=O)CNCC(O)c1ccc(-c2ccccc2)nc1NCCc1cccc(F)c1. The molecule has 156 valence electrons. The third kappa shape index (κ3) is 6.10. The van der Waals surface area contributed by atoms with Gasteiger partial charge in [0.2, 0.25) is 5.91 Å². The third-order valence-corrected chi connectivity index (χ3v) is 4.59. The number of rotatable bonds is 10. The highest BCUT2D eigenvalue weighted by Crippen LogP contribution is 2.26. The normalized spacial score (nSPS) is 11.8. The number of nitrogens with one attached hydrogen (secondary N) is 2. The second-order valence-corrected chi connectivity index (χ2v) is 6.92. The number of benzene rings is 2. The van der Waals surface area contributed by atoms with Gasteiger partial charge >= 0.3 is 0 Å². The van der Waals surface area contributed by atoms with Crippen LogP contribution in [0.2, 0.25) is 0 Å². The van der Waals surface area contributed by atoms with E-state index in [1.54, 1.807) is 6.07 Å². The molecular formula is C23H25FN4O2. The molecule has 1 unspecified atom stereocenters. The quantitative estimate of drug-likeness (QED) is 0.413. The summed E-state index contributed by atoms with van der Waals surface area (Å²) in [5.74, 6) is -0.220. The van der Waals surface area contributed by atoms with E-state index >= 15 is 0 Å². The first-order chi connectivity index (χ1) is 14.5. The van der Waals surface area contributed by atoms with Crippen LogP contribution in [0.15, 0.2) is 66.7 Å². The van der Waals surface area contributed by atoms with Crippen molar-refractivity contribution in [1.29, 1.82) is 0 Å². The van der Waals surface area contributed by atoms with Crippen molar-refractivity contribution in [2.24, 2.45) is 5.73 Å². The highest BCUT2D eigenvalue weighted by atomic mass is 19.1. The topological polar surface area (TPSA) is 100 Å². The first-order valence-corrected chi connectivity index (χ1v) is 9.74. The van der Waals surface area contributed by atoms with E-state index in [1.165, 1.54) is 12.1 Å². The number of nitrogens with zero attached hydrogens (tertiary/aromatic N) is 1. The Balaban J connectivity index is 1.77. The summed E-state index contributed by atoms with van der Waals surface area (Å²) in [6.07, 6.45) is -0.275. The van der Waals surface area contributed by atoms with Gasteiger partial charge in [-0.1, -0.05) is 48.5 Å². The van der Waals surface area contributed by atoms with Crippen molar-refractivity contribution >= 4 is 11.7 Å². The van der Waals surface area contributed by atoms with Gasteiger partial charge in [0.05, 0.1) is 18.3 Å². The maximum atomic E-state index is 13.4. The lowest BCUT2D eigenvalue weighted by Crippen LogP contribution is -2.31. The molecule has 1 amide bonds. The van der Waals surface area contributed by atoms with Crippen LogP contribution in [-0.4, -0.2) is 35.6 Å². The Morgan fingerprint density at radius 2 is 1.90 bits per heavy atom. The van der Waals surface area contributed by atoms with E-state index in [0.717, 1.165) is 16.8 Å². The Kier molecular flexibility index (Phi) is 7.48. The Morgan fingerprint density at radius 3 is 2.63 bits per heavy atom. The van der Waals surface area contributed by atoms with E-state index in [-0.39, 0.29) is 18.9 Å². The molecule has 0 bridgehead atoms. The van der Waals surface area contributed by atoms with Crippen molar-refractivity contribution in [2.45, 2.75) is 12.5 Å². The lowest BCUT2D eigenvalue weighted by molar-refractivity contribution is -0.117. The van der Waals surface area contributed by atoms with E-state index in [9.17, 15) is 14.3 Å². The largest absolute Gasteiger partial charge is 0.387 e. The number of carbonyl (C=O) groups is 1. The van der Waals surface area contributed by atoms with Crippen LogP contribution in [0.5, 0.6) is 0 Å². The predicted molar refractivity (Wildman–Crippen MR) is 115 cm³/mol. The van der Waals surface area contributed by atoms with Crippen LogP contribution >= 0.6 is 0 Å². The van der Waals surface area contributed by atoms with Crippen molar-refractivity contribution in [3.63, 3.8) is 0 Å². The highest BCUT2D eigenvalue weighted by Gasteiger charge is 2.15. The fraction of sp³-hybridized carbons (Fsp3) is 0.217. The monoisotopic (exact) mass is 408 g/mol. The molecule has 0 aliphatic carbocycles. The van der Waals surface area contributed by atoms with Crippen LogP contribution in [0.3, 0.4) is 0 Å². The first kappa shape index (κ1) is 21.4. The molecule has 3 rings (SSSR count). The van der Waals surface area contributed by atoms with Gasteiger partial charge in [0.25, 0.3) is 0 Å². The molecule has 7 heteroatoms. The standard InChI is InChI=1S/C23H25FN4O2/c24-18-8-4-5-16(13-18)11-12-27-23-19(21(29)14-26-15-22(25)30)9-10-20(28-23)17-6-2-1-3-7-17/h1-10,13,21,26,29H,11-12,14-15H2,(H2,25,30)(H,27,28). The van der Waals surface area contributed by atoms with Crippen LogP contribution in [0.4, 0.5) is 10.2 Å².